The second-order valence-corrected chi connectivity index (χ2v) is 9.89. The monoisotopic (exact) mass is 479 g/mol. The summed E-state index contributed by atoms with van der Waals surface area (Å²) in [4.78, 5) is 9.02. The van der Waals surface area contributed by atoms with Crippen molar-refractivity contribution in [2.24, 2.45) is 4.99 Å². The SMILES string of the molecule is C#CCNC(CS(=O)(=O)c1ccc(C)cc1)=NCCSCc1ncccc1Br. The Morgan fingerprint density at radius 3 is 2.75 bits per heavy atom. The van der Waals surface area contributed by atoms with Crippen LogP contribution in [-0.2, 0) is 15.6 Å². The van der Waals surface area contributed by atoms with Crippen molar-refractivity contribution in [3.63, 3.8) is 0 Å². The maximum atomic E-state index is 12.6. The number of benzene rings is 1. The molecule has 0 bridgehead atoms. The Kier molecular flexibility index (Phi) is 9.03. The van der Waals surface area contributed by atoms with Crippen LogP contribution in [0.2, 0.25) is 0 Å². The van der Waals surface area contributed by atoms with E-state index < -0.39 is 9.84 Å². The van der Waals surface area contributed by atoms with Gasteiger partial charge in [0.25, 0.3) is 0 Å². The van der Waals surface area contributed by atoms with Gasteiger partial charge in [-0.2, -0.15) is 11.8 Å². The van der Waals surface area contributed by atoms with Crippen LogP contribution in [0.4, 0.5) is 0 Å². The maximum Gasteiger partial charge on any atom is 0.185 e. The number of sulfone groups is 1. The lowest BCUT2D eigenvalue weighted by Gasteiger charge is -2.10. The van der Waals surface area contributed by atoms with E-state index in [2.05, 4.69) is 37.1 Å². The minimum absolute atomic E-state index is 0.200. The molecule has 8 heteroatoms. The Morgan fingerprint density at radius 2 is 2.07 bits per heavy atom. The highest BCUT2D eigenvalue weighted by molar-refractivity contribution is 9.10. The van der Waals surface area contributed by atoms with Gasteiger partial charge in [-0.15, -0.1) is 6.42 Å². The van der Waals surface area contributed by atoms with Crippen LogP contribution < -0.4 is 5.32 Å². The van der Waals surface area contributed by atoms with Crippen molar-refractivity contribution in [1.82, 2.24) is 10.3 Å². The molecule has 28 heavy (non-hydrogen) atoms. The molecule has 0 fully saturated rings. The van der Waals surface area contributed by atoms with E-state index in [0.29, 0.717) is 12.4 Å². The Morgan fingerprint density at radius 1 is 1.32 bits per heavy atom. The second-order valence-electron chi connectivity index (χ2n) is 5.94. The molecule has 0 aliphatic carbocycles. The molecule has 5 nitrogen and oxygen atoms in total. The molecule has 2 rings (SSSR count). The van der Waals surface area contributed by atoms with E-state index in [4.69, 9.17) is 6.42 Å². The zero-order valence-corrected chi connectivity index (χ0v) is 18.8. The number of aromatic nitrogens is 1. The van der Waals surface area contributed by atoms with Crippen molar-refractivity contribution in [3.05, 3.63) is 58.3 Å². The average Bonchev–Trinajstić information content (AvgIpc) is 2.67. The van der Waals surface area contributed by atoms with Crippen LogP contribution in [0.3, 0.4) is 0 Å². The summed E-state index contributed by atoms with van der Waals surface area (Å²) in [5, 5.41) is 2.93. The molecule has 0 saturated carbocycles. The predicted octanol–water partition coefficient (Wildman–Crippen LogP) is 3.48. The molecular formula is C20H22BrN3O2S2. The van der Waals surface area contributed by atoms with Gasteiger partial charge < -0.3 is 5.32 Å². The van der Waals surface area contributed by atoms with Gasteiger partial charge in [0.2, 0.25) is 0 Å². The van der Waals surface area contributed by atoms with E-state index in [-0.39, 0.29) is 17.2 Å². The van der Waals surface area contributed by atoms with E-state index in [1.165, 1.54) is 0 Å². The third kappa shape index (κ3) is 7.30. The van der Waals surface area contributed by atoms with Crippen molar-refractivity contribution < 1.29 is 8.42 Å². The maximum absolute atomic E-state index is 12.6. The largest absolute Gasteiger partial charge is 0.362 e. The predicted molar refractivity (Wildman–Crippen MR) is 120 cm³/mol. The smallest absolute Gasteiger partial charge is 0.185 e. The van der Waals surface area contributed by atoms with E-state index >= 15 is 0 Å². The molecule has 148 valence electrons. The summed E-state index contributed by atoms with van der Waals surface area (Å²) in [6.45, 7) is 2.64. The molecule has 0 aliphatic heterocycles. The highest BCUT2D eigenvalue weighted by atomic mass is 79.9. The number of nitrogens with zero attached hydrogens (tertiary/aromatic N) is 2. The molecule has 1 aromatic heterocycles. The lowest BCUT2D eigenvalue weighted by molar-refractivity contribution is 0.599. The number of halogens is 1. The zero-order chi connectivity index (χ0) is 20.4. The average molecular weight is 480 g/mol. The van der Waals surface area contributed by atoms with Crippen LogP contribution >= 0.6 is 27.7 Å². The molecule has 0 radical (unpaired) electrons. The minimum atomic E-state index is -3.48. The van der Waals surface area contributed by atoms with Crippen molar-refractivity contribution in [2.75, 3.05) is 24.6 Å². The van der Waals surface area contributed by atoms with Crippen LogP contribution in [0.1, 0.15) is 11.3 Å². The van der Waals surface area contributed by atoms with Gasteiger partial charge in [0.05, 0.1) is 23.7 Å². The summed E-state index contributed by atoms with van der Waals surface area (Å²) < 4.78 is 26.3. The van der Waals surface area contributed by atoms with Gasteiger partial charge in [0.1, 0.15) is 11.6 Å². The molecule has 2 aromatic rings. The topological polar surface area (TPSA) is 71.4 Å². The molecular weight excluding hydrogens is 458 g/mol. The first-order valence-electron chi connectivity index (χ1n) is 8.59. The molecule has 0 amide bonds. The fourth-order valence-corrected chi connectivity index (χ4v) is 4.89. The number of pyridine rings is 1. The summed E-state index contributed by atoms with van der Waals surface area (Å²) in [6.07, 6.45) is 7.05. The molecule has 1 N–H and O–H groups in total. The standard InChI is InChI=1S/C20H22BrN3O2S2/c1-3-10-23-20(15-28(25,26)17-8-6-16(2)7-9-17)24-12-13-27-14-19-18(21)5-4-11-22-19/h1,4-9,11H,10,12-15H2,2H3,(H,23,24). The Bertz CT molecular complexity index is 952. The third-order valence-electron chi connectivity index (χ3n) is 3.71. The minimum Gasteiger partial charge on any atom is -0.362 e. The van der Waals surface area contributed by atoms with Crippen LogP contribution in [0.25, 0.3) is 0 Å². The van der Waals surface area contributed by atoms with Gasteiger partial charge in [0, 0.05) is 22.2 Å². The number of nitrogens with one attached hydrogen (secondary N) is 1. The Balaban J connectivity index is 1.95. The number of terminal acetylenes is 1. The molecule has 1 heterocycles. The van der Waals surface area contributed by atoms with E-state index in [9.17, 15) is 8.42 Å². The first kappa shape index (κ1) is 22.5. The van der Waals surface area contributed by atoms with Crippen molar-refractivity contribution >= 4 is 43.4 Å². The summed E-state index contributed by atoms with van der Waals surface area (Å²) in [5.74, 6) is 4.14. The van der Waals surface area contributed by atoms with Crippen LogP contribution in [-0.4, -0.2) is 43.8 Å². The van der Waals surface area contributed by atoms with Crippen molar-refractivity contribution in [3.8, 4) is 12.3 Å². The Labute approximate surface area is 179 Å². The third-order valence-corrected chi connectivity index (χ3v) is 7.03. The van der Waals surface area contributed by atoms with Crippen LogP contribution in [0.15, 0.2) is 57.0 Å². The lowest BCUT2D eigenvalue weighted by atomic mass is 10.2. The molecule has 0 atom stereocenters. The molecule has 0 aliphatic rings. The fourth-order valence-electron chi connectivity index (χ4n) is 2.25. The number of rotatable bonds is 9. The summed E-state index contributed by atoms with van der Waals surface area (Å²) in [5.41, 5.74) is 1.99. The first-order valence-corrected chi connectivity index (χ1v) is 12.2. The highest BCUT2D eigenvalue weighted by Gasteiger charge is 2.17. The highest BCUT2D eigenvalue weighted by Crippen LogP contribution is 2.19. The van der Waals surface area contributed by atoms with E-state index in [1.807, 2.05) is 19.1 Å². The zero-order valence-electron chi connectivity index (χ0n) is 15.6. The fraction of sp³-hybridized carbons (Fsp3) is 0.300. The second kappa shape index (κ2) is 11.2. The van der Waals surface area contributed by atoms with Gasteiger partial charge in [-0.25, -0.2) is 8.42 Å². The van der Waals surface area contributed by atoms with Crippen molar-refractivity contribution in [2.45, 2.75) is 17.6 Å². The molecule has 0 unspecified atom stereocenters. The molecule has 0 saturated heterocycles. The summed E-state index contributed by atoms with van der Waals surface area (Å²) >= 11 is 5.16. The van der Waals surface area contributed by atoms with Crippen LogP contribution in [0, 0.1) is 19.3 Å². The number of thioether (sulfide) groups is 1. The summed E-state index contributed by atoms with van der Waals surface area (Å²) in [7, 11) is -3.48. The number of aliphatic imine (C=N–C) groups is 1. The number of amidine groups is 1. The number of hydrogen-bond acceptors (Lipinski definition) is 5. The quantitative estimate of drug-likeness (QED) is 0.258. The number of aryl methyl sites for hydroxylation is 1. The van der Waals surface area contributed by atoms with Crippen LogP contribution in [0.5, 0.6) is 0 Å². The van der Waals surface area contributed by atoms with Gasteiger partial charge in [0.15, 0.2) is 9.84 Å². The van der Waals surface area contributed by atoms with Gasteiger partial charge in [-0.3, -0.25) is 9.98 Å². The van der Waals surface area contributed by atoms with E-state index in [1.54, 1.807) is 42.2 Å². The first-order chi connectivity index (χ1) is 13.4. The van der Waals surface area contributed by atoms with Gasteiger partial charge in [-0.1, -0.05) is 23.6 Å². The van der Waals surface area contributed by atoms with Gasteiger partial charge >= 0.3 is 0 Å². The Hall–Kier alpha value is -1.82. The van der Waals surface area contributed by atoms with E-state index in [0.717, 1.165) is 27.2 Å². The molecule has 0 spiro atoms. The molecule has 1 aromatic carbocycles. The van der Waals surface area contributed by atoms with Crippen molar-refractivity contribution in [1.29, 1.82) is 0 Å². The number of hydrogen-bond donors (Lipinski definition) is 1. The van der Waals surface area contributed by atoms with Gasteiger partial charge in [-0.05, 0) is 47.1 Å². The normalized spacial score (nSPS) is 11.8. The summed E-state index contributed by atoms with van der Waals surface area (Å²) in [6, 6.07) is 10.6. The lowest BCUT2D eigenvalue weighted by Crippen LogP contribution is -2.31.